The maximum Gasteiger partial charge on any atom is 0.174 e. The van der Waals surface area contributed by atoms with Gasteiger partial charge in [0.05, 0.1) is 5.69 Å². The van der Waals surface area contributed by atoms with Crippen LogP contribution in [0.2, 0.25) is 0 Å². The van der Waals surface area contributed by atoms with Gasteiger partial charge in [-0.2, -0.15) is 0 Å². The summed E-state index contributed by atoms with van der Waals surface area (Å²) >= 11 is 0. The van der Waals surface area contributed by atoms with E-state index in [1.165, 1.54) is 18.4 Å². The van der Waals surface area contributed by atoms with Crippen molar-refractivity contribution in [3.63, 3.8) is 0 Å². The number of piperidine rings is 1. The standard InChI is InChI=1S/C21H26N6/c1-17-10-14-26(15-11-17)20(19-9-5-6-13-22-19)21-23-24-25-27(21)16-12-18-7-3-2-4-8-18/h2-9,13,17,20H,10-12,14-16H2,1H3/t20-/m1/s1. The molecule has 0 N–H and O–H groups in total. The van der Waals surface area contributed by atoms with Crippen LogP contribution in [0.4, 0.5) is 0 Å². The summed E-state index contributed by atoms with van der Waals surface area (Å²) in [5.74, 6) is 1.67. The fraction of sp³-hybridized carbons (Fsp3) is 0.429. The first-order chi connectivity index (χ1) is 13.3. The van der Waals surface area contributed by atoms with Crippen LogP contribution in [-0.2, 0) is 13.0 Å². The Hall–Kier alpha value is -2.60. The number of hydrogen-bond acceptors (Lipinski definition) is 5. The third-order valence-electron chi connectivity index (χ3n) is 5.41. The molecule has 0 aliphatic carbocycles. The third kappa shape index (κ3) is 4.22. The molecule has 0 spiro atoms. The second-order valence-electron chi connectivity index (χ2n) is 7.37. The van der Waals surface area contributed by atoms with E-state index in [4.69, 9.17) is 0 Å². The molecule has 2 aromatic heterocycles. The maximum atomic E-state index is 4.64. The first-order valence-electron chi connectivity index (χ1n) is 9.76. The summed E-state index contributed by atoms with van der Waals surface area (Å²) in [6.07, 6.45) is 5.17. The monoisotopic (exact) mass is 362 g/mol. The van der Waals surface area contributed by atoms with Crippen LogP contribution < -0.4 is 0 Å². The number of pyridine rings is 1. The lowest BCUT2D eigenvalue weighted by Crippen LogP contribution is -2.38. The number of rotatable bonds is 6. The molecule has 6 heteroatoms. The molecule has 1 aromatic carbocycles. The number of likely N-dealkylation sites (tertiary alicyclic amines) is 1. The van der Waals surface area contributed by atoms with E-state index in [1.54, 1.807) is 0 Å². The molecule has 1 saturated heterocycles. The Bertz CT molecular complexity index is 824. The number of aryl methyl sites for hydroxylation is 2. The van der Waals surface area contributed by atoms with Gasteiger partial charge in [0.15, 0.2) is 5.82 Å². The molecule has 0 saturated carbocycles. The molecule has 3 aromatic rings. The van der Waals surface area contributed by atoms with E-state index in [2.05, 4.69) is 62.7 Å². The van der Waals surface area contributed by atoms with Gasteiger partial charge in [0, 0.05) is 12.7 Å². The number of benzene rings is 1. The van der Waals surface area contributed by atoms with E-state index in [1.807, 2.05) is 29.1 Å². The van der Waals surface area contributed by atoms with Crippen molar-refractivity contribution >= 4 is 0 Å². The van der Waals surface area contributed by atoms with E-state index in [0.717, 1.165) is 43.5 Å². The van der Waals surface area contributed by atoms with Gasteiger partial charge in [0.2, 0.25) is 0 Å². The maximum absolute atomic E-state index is 4.64. The second kappa shape index (κ2) is 8.39. The lowest BCUT2D eigenvalue weighted by Gasteiger charge is -2.35. The average molecular weight is 362 g/mol. The number of hydrogen-bond donors (Lipinski definition) is 0. The largest absolute Gasteiger partial charge is 0.288 e. The van der Waals surface area contributed by atoms with Gasteiger partial charge in [-0.05, 0) is 66.4 Å². The topological polar surface area (TPSA) is 59.7 Å². The Balaban J connectivity index is 1.60. The van der Waals surface area contributed by atoms with Crippen LogP contribution in [0, 0.1) is 5.92 Å². The number of tetrazole rings is 1. The highest BCUT2D eigenvalue weighted by Crippen LogP contribution is 2.30. The van der Waals surface area contributed by atoms with Gasteiger partial charge in [-0.1, -0.05) is 43.3 Å². The first kappa shape index (κ1) is 17.8. The summed E-state index contributed by atoms with van der Waals surface area (Å²) in [6, 6.07) is 16.6. The van der Waals surface area contributed by atoms with Gasteiger partial charge >= 0.3 is 0 Å². The SMILES string of the molecule is CC1CCN([C@H](c2ccccn2)c2nnnn2CCc2ccccc2)CC1. The van der Waals surface area contributed by atoms with Crippen LogP contribution in [-0.4, -0.2) is 43.2 Å². The summed E-state index contributed by atoms with van der Waals surface area (Å²) < 4.78 is 1.95. The zero-order chi connectivity index (χ0) is 18.5. The number of aromatic nitrogens is 5. The zero-order valence-corrected chi connectivity index (χ0v) is 15.8. The fourth-order valence-corrected chi connectivity index (χ4v) is 3.75. The van der Waals surface area contributed by atoms with Crippen LogP contribution in [0.3, 0.4) is 0 Å². The average Bonchev–Trinajstić information content (AvgIpc) is 3.18. The zero-order valence-electron chi connectivity index (χ0n) is 15.8. The lowest BCUT2D eigenvalue weighted by atomic mass is 9.97. The van der Waals surface area contributed by atoms with Gasteiger partial charge in [-0.15, -0.1) is 5.10 Å². The Morgan fingerprint density at radius 3 is 2.56 bits per heavy atom. The Morgan fingerprint density at radius 1 is 1.04 bits per heavy atom. The van der Waals surface area contributed by atoms with Crippen LogP contribution >= 0.6 is 0 Å². The normalized spacial score (nSPS) is 17.1. The number of nitrogens with zero attached hydrogens (tertiary/aromatic N) is 6. The molecule has 0 amide bonds. The molecule has 0 bridgehead atoms. The van der Waals surface area contributed by atoms with Gasteiger partial charge in [0.1, 0.15) is 6.04 Å². The van der Waals surface area contributed by atoms with Gasteiger partial charge < -0.3 is 0 Å². The van der Waals surface area contributed by atoms with E-state index in [0.29, 0.717) is 0 Å². The fourth-order valence-electron chi connectivity index (χ4n) is 3.75. The minimum absolute atomic E-state index is 0.00414. The smallest absolute Gasteiger partial charge is 0.174 e. The molecule has 0 radical (unpaired) electrons. The van der Waals surface area contributed by atoms with Crippen molar-refractivity contribution < 1.29 is 0 Å². The van der Waals surface area contributed by atoms with E-state index in [-0.39, 0.29) is 6.04 Å². The summed E-state index contributed by atoms with van der Waals surface area (Å²) in [6.45, 7) is 5.19. The highest BCUT2D eigenvalue weighted by molar-refractivity contribution is 5.18. The molecule has 1 aliphatic heterocycles. The summed E-state index contributed by atoms with van der Waals surface area (Å²) in [5.41, 5.74) is 2.31. The minimum Gasteiger partial charge on any atom is -0.288 e. The second-order valence-corrected chi connectivity index (χ2v) is 7.37. The van der Waals surface area contributed by atoms with Gasteiger partial charge in [-0.25, -0.2) is 4.68 Å². The highest BCUT2D eigenvalue weighted by Gasteiger charge is 2.31. The van der Waals surface area contributed by atoms with Crippen molar-refractivity contribution in [2.24, 2.45) is 5.92 Å². The minimum atomic E-state index is 0.00414. The van der Waals surface area contributed by atoms with E-state index >= 15 is 0 Å². The van der Waals surface area contributed by atoms with Crippen molar-refractivity contribution in [3.8, 4) is 0 Å². The molecule has 1 fully saturated rings. The third-order valence-corrected chi connectivity index (χ3v) is 5.41. The van der Waals surface area contributed by atoms with Crippen molar-refractivity contribution in [3.05, 3.63) is 71.8 Å². The molecule has 27 heavy (non-hydrogen) atoms. The molecule has 140 valence electrons. The van der Waals surface area contributed by atoms with Crippen LogP contribution in [0.25, 0.3) is 0 Å². The van der Waals surface area contributed by atoms with Crippen molar-refractivity contribution in [2.45, 2.75) is 38.8 Å². The summed E-state index contributed by atoms with van der Waals surface area (Å²) in [5, 5.41) is 12.7. The Labute approximate surface area is 160 Å². The summed E-state index contributed by atoms with van der Waals surface area (Å²) in [4.78, 5) is 7.12. The van der Waals surface area contributed by atoms with Gasteiger partial charge in [-0.3, -0.25) is 9.88 Å². The highest BCUT2D eigenvalue weighted by atomic mass is 15.5. The van der Waals surface area contributed by atoms with Crippen molar-refractivity contribution in [1.82, 2.24) is 30.1 Å². The van der Waals surface area contributed by atoms with Crippen LogP contribution in [0.5, 0.6) is 0 Å². The molecular formula is C21H26N6. The predicted octanol–water partition coefficient (Wildman–Crippen LogP) is 3.13. The molecule has 0 unspecified atom stereocenters. The van der Waals surface area contributed by atoms with E-state index in [9.17, 15) is 0 Å². The molecular weight excluding hydrogens is 336 g/mol. The molecule has 6 nitrogen and oxygen atoms in total. The van der Waals surface area contributed by atoms with Crippen LogP contribution in [0.1, 0.15) is 42.9 Å². The predicted molar refractivity (Wildman–Crippen MR) is 104 cm³/mol. The van der Waals surface area contributed by atoms with Crippen molar-refractivity contribution in [2.75, 3.05) is 13.1 Å². The first-order valence-corrected chi connectivity index (χ1v) is 9.76. The molecule has 3 heterocycles. The van der Waals surface area contributed by atoms with Gasteiger partial charge in [0.25, 0.3) is 0 Å². The Morgan fingerprint density at radius 2 is 1.81 bits per heavy atom. The summed E-state index contributed by atoms with van der Waals surface area (Å²) in [7, 11) is 0. The van der Waals surface area contributed by atoms with Crippen LogP contribution in [0.15, 0.2) is 54.7 Å². The lowest BCUT2D eigenvalue weighted by molar-refractivity contribution is 0.147. The molecule has 4 rings (SSSR count). The quantitative estimate of drug-likeness (QED) is 0.674. The van der Waals surface area contributed by atoms with Crippen molar-refractivity contribution in [1.29, 1.82) is 0 Å². The molecule has 1 atom stereocenters. The van der Waals surface area contributed by atoms with E-state index < -0.39 is 0 Å². The molecule has 1 aliphatic rings. The Kier molecular flexibility index (Phi) is 5.53.